The van der Waals surface area contributed by atoms with Gasteiger partial charge >= 0.3 is 6.18 Å². The van der Waals surface area contributed by atoms with E-state index >= 15 is 0 Å². The molecule has 0 aliphatic heterocycles. The van der Waals surface area contributed by atoms with Gasteiger partial charge in [-0.3, -0.25) is 0 Å². The van der Waals surface area contributed by atoms with Crippen LogP contribution in [0.4, 0.5) is 13.2 Å². The first-order chi connectivity index (χ1) is 9.75. The molecule has 0 spiro atoms. The SMILES string of the molecule is O=S(O)Cc1nc(-c2cccc(O)c2)cc(C(F)(F)F)n1. The number of hydrogen-bond acceptors (Lipinski definition) is 4. The van der Waals surface area contributed by atoms with Crippen molar-refractivity contribution in [3.8, 4) is 17.0 Å². The summed E-state index contributed by atoms with van der Waals surface area (Å²) in [6, 6.07) is 6.23. The molecule has 5 nitrogen and oxygen atoms in total. The fourth-order valence-corrected chi connectivity index (χ4v) is 1.98. The zero-order chi connectivity index (χ0) is 15.6. The number of alkyl halides is 3. The minimum atomic E-state index is -4.71. The smallest absolute Gasteiger partial charge is 0.433 e. The summed E-state index contributed by atoms with van der Waals surface area (Å²) in [5.41, 5.74) is -1.06. The highest BCUT2D eigenvalue weighted by Gasteiger charge is 2.33. The van der Waals surface area contributed by atoms with Crippen molar-refractivity contribution in [2.45, 2.75) is 11.9 Å². The Morgan fingerprint density at radius 3 is 2.48 bits per heavy atom. The van der Waals surface area contributed by atoms with E-state index in [4.69, 9.17) is 4.55 Å². The molecular weight excluding hydrogens is 309 g/mol. The highest BCUT2D eigenvalue weighted by Crippen LogP contribution is 2.31. The van der Waals surface area contributed by atoms with Crippen molar-refractivity contribution in [3.63, 3.8) is 0 Å². The lowest BCUT2D eigenvalue weighted by Gasteiger charge is -2.10. The fraction of sp³-hybridized carbons (Fsp3) is 0.167. The van der Waals surface area contributed by atoms with E-state index in [9.17, 15) is 22.5 Å². The Morgan fingerprint density at radius 1 is 1.19 bits per heavy atom. The third-order valence-corrected chi connectivity index (χ3v) is 2.96. The topological polar surface area (TPSA) is 83.3 Å². The second kappa shape index (κ2) is 5.78. The molecule has 1 heterocycles. The van der Waals surface area contributed by atoms with E-state index in [0.717, 1.165) is 6.07 Å². The molecule has 2 rings (SSSR count). The van der Waals surface area contributed by atoms with Crippen molar-refractivity contribution >= 4 is 11.1 Å². The van der Waals surface area contributed by atoms with Gasteiger partial charge in [-0.15, -0.1) is 0 Å². The first kappa shape index (κ1) is 15.4. The van der Waals surface area contributed by atoms with Crippen LogP contribution in [0.3, 0.4) is 0 Å². The molecule has 0 saturated carbocycles. The molecular formula is C12H9F3N2O3S. The van der Waals surface area contributed by atoms with Crippen molar-refractivity contribution in [1.29, 1.82) is 0 Å². The summed E-state index contributed by atoms with van der Waals surface area (Å²) < 4.78 is 57.9. The number of hydrogen-bond donors (Lipinski definition) is 2. The summed E-state index contributed by atoms with van der Waals surface area (Å²) in [5, 5.41) is 9.36. The minimum Gasteiger partial charge on any atom is -0.508 e. The van der Waals surface area contributed by atoms with Crippen LogP contribution in [0, 0.1) is 0 Å². The van der Waals surface area contributed by atoms with Gasteiger partial charge < -0.3 is 9.66 Å². The van der Waals surface area contributed by atoms with Gasteiger partial charge in [-0.05, 0) is 18.2 Å². The van der Waals surface area contributed by atoms with E-state index in [1.54, 1.807) is 0 Å². The molecule has 0 saturated heterocycles. The molecule has 0 aliphatic carbocycles. The molecule has 0 bridgehead atoms. The van der Waals surface area contributed by atoms with Crippen LogP contribution in [0.5, 0.6) is 5.75 Å². The van der Waals surface area contributed by atoms with Crippen LogP contribution in [-0.4, -0.2) is 23.8 Å². The van der Waals surface area contributed by atoms with Gasteiger partial charge in [0.1, 0.15) is 23.0 Å². The molecule has 1 aromatic carbocycles. The van der Waals surface area contributed by atoms with E-state index < -0.39 is 34.5 Å². The molecule has 1 unspecified atom stereocenters. The molecule has 0 radical (unpaired) electrons. The van der Waals surface area contributed by atoms with E-state index in [1.807, 2.05) is 0 Å². The molecule has 2 N–H and O–H groups in total. The van der Waals surface area contributed by atoms with E-state index in [-0.39, 0.29) is 17.0 Å². The third kappa shape index (κ3) is 3.99. The number of phenolic OH excluding ortho intramolecular Hbond substituents is 1. The van der Waals surface area contributed by atoms with E-state index in [0.29, 0.717) is 0 Å². The lowest BCUT2D eigenvalue weighted by atomic mass is 10.1. The van der Waals surface area contributed by atoms with Gasteiger partial charge in [0.15, 0.2) is 11.1 Å². The average molecular weight is 318 g/mol. The van der Waals surface area contributed by atoms with E-state index in [1.165, 1.54) is 24.3 Å². The summed E-state index contributed by atoms with van der Waals surface area (Å²) in [4.78, 5) is 7.06. The third-order valence-electron chi connectivity index (χ3n) is 2.46. The second-order valence-corrected chi connectivity index (χ2v) is 5.00. The number of phenols is 1. The number of benzene rings is 1. The number of halogens is 3. The summed E-state index contributed by atoms with van der Waals surface area (Å²) >= 11 is -2.36. The van der Waals surface area contributed by atoms with Crippen LogP contribution in [0.15, 0.2) is 30.3 Å². The highest BCUT2D eigenvalue weighted by atomic mass is 32.2. The average Bonchev–Trinajstić information content (AvgIpc) is 2.36. The molecule has 0 amide bonds. The van der Waals surface area contributed by atoms with Crippen molar-refractivity contribution in [3.05, 3.63) is 41.9 Å². The van der Waals surface area contributed by atoms with Crippen molar-refractivity contribution in [2.24, 2.45) is 0 Å². The monoisotopic (exact) mass is 318 g/mol. The predicted molar refractivity (Wildman–Crippen MR) is 68.6 cm³/mol. The van der Waals surface area contributed by atoms with Gasteiger partial charge in [0.25, 0.3) is 0 Å². The van der Waals surface area contributed by atoms with Crippen molar-refractivity contribution in [2.75, 3.05) is 0 Å². The maximum atomic E-state index is 12.8. The van der Waals surface area contributed by atoms with Crippen LogP contribution in [-0.2, 0) is 23.0 Å². The molecule has 112 valence electrons. The van der Waals surface area contributed by atoms with Gasteiger partial charge in [0, 0.05) is 5.56 Å². The lowest BCUT2D eigenvalue weighted by Crippen LogP contribution is -2.12. The van der Waals surface area contributed by atoms with E-state index in [2.05, 4.69) is 9.97 Å². The number of nitrogens with zero attached hydrogens (tertiary/aromatic N) is 2. The van der Waals surface area contributed by atoms with Gasteiger partial charge in [-0.2, -0.15) is 13.2 Å². The first-order valence-electron chi connectivity index (χ1n) is 5.58. The molecule has 2 aromatic rings. The Balaban J connectivity index is 2.57. The summed E-state index contributed by atoms with van der Waals surface area (Å²) in [7, 11) is 0. The van der Waals surface area contributed by atoms with Crippen LogP contribution in [0.2, 0.25) is 0 Å². The predicted octanol–water partition coefficient (Wildman–Crippen LogP) is 2.59. The van der Waals surface area contributed by atoms with Crippen LogP contribution < -0.4 is 0 Å². The lowest BCUT2D eigenvalue weighted by molar-refractivity contribution is -0.141. The minimum absolute atomic E-state index is 0.0892. The molecule has 9 heteroatoms. The maximum absolute atomic E-state index is 12.8. The summed E-state index contributed by atoms with van der Waals surface area (Å²) in [6.07, 6.45) is -4.71. The van der Waals surface area contributed by atoms with Crippen molar-refractivity contribution in [1.82, 2.24) is 9.97 Å². The maximum Gasteiger partial charge on any atom is 0.433 e. The van der Waals surface area contributed by atoms with Crippen LogP contribution in [0.25, 0.3) is 11.3 Å². The second-order valence-electron chi connectivity index (χ2n) is 4.07. The Labute approximate surface area is 119 Å². The molecule has 21 heavy (non-hydrogen) atoms. The number of aromatic nitrogens is 2. The molecule has 1 aromatic heterocycles. The zero-order valence-corrected chi connectivity index (χ0v) is 11.1. The molecule has 0 aliphatic rings. The summed E-state index contributed by atoms with van der Waals surface area (Å²) in [5.74, 6) is -1.15. The molecule has 1 atom stereocenters. The Bertz CT molecular complexity index is 692. The van der Waals surface area contributed by atoms with Crippen LogP contribution >= 0.6 is 0 Å². The fourth-order valence-electron chi connectivity index (χ4n) is 1.63. The Morgan fingerprint density at radius 2 is 1.90 bits per heavy atom. The van der Waals surface area contributed by atoms with Crippen LogP contribution in [0.1, 0.15) is 11.5 Å². The Hall–Kier alpha value is -2.00. The highest BCUT2D eigenvalue weighted by molar-refractivity contribution is 7.78. The Kier molecular flexibility index (Phi) is 4.24. The standard InChI is InChI=1S/C12H9F3N2O3S/c13-12(14,15)10-5-9(7-2-1-3-8(18)4-7)16-11(17-10)6-21(19)20/h1-5,18H,6H2,(H,19,20). The first-order valence-corrected chi connectivity index (χ1v) is 6.85. The zero-order valence-electron chi connectivity index (χ0n) is 10.3. The number of aromatic hydroxyl groups is 1. The molecule has 0 fully saturated rings. The quantitative estimate of drug-likeness (QED) is 0.850. The largest absolute Gasteiger partial charge is 0.508 e. The van der Waals surface area contributed by atoms with Gasteiger partial charge in [0.2, 0.25) is 0 Å². The van der Waals surface area contributed by atoms with Gasteiger partial charge in [-0.25, -0.2) is 14.2 Å². The van der Waals surface area contributed by atoms with Gasteiger partial charge in [0.05, 0.1) is 5.69 Å². The van der Waals surface area contributed by atoms with Gasteiger partial charge in [-0.1, -0.05) is 12.1 Å². The summed E-state index contributed by atoms with van der Waals surface area (Å²) in [6.45, 7) is 0. The number of rotatable bonds is 3. The van der Waals surface area contributed by atoms with Crippen molar-refractivity contribution < 1.29 is 27.0 Å². The normalized spacial score (nSPS) is 13.1.